The SMILES string of the molecule is C=CC(O)OCCN(CC)c1ccc(C=CC2=[N+](C)c3ccccc3C2(C)C)cc1. The number of likely N-dealkylation sites (N-methyl/N-ethyl adjacent to an activating group) is 1. The first-order chi connectivity index (χ1) is 14.4. The van der Waals surface area contributed by atoms with Crippen LogP contribution in [0.3, 0.4) is 0 Å². The number of benzene rings is 2. The average Bonchev–Trinajstić information content (AvgIpc) is 2.95. The molecule has 1 heterocycles. The van der Waals surface area contributed by atoms with E-state index in [1.807, 2.05) is 0 Å². The molecule has 0 radical (unpaired) electrons. The van der Waals surface area contributed by atoms with E-state index in [0.717, 1.165) is 12.2 Å². The molecule has 0 fully saturated rings. The van der Waals surface area contributed by atoms with Crippen molar-refractivity contribution in [1.82, 2.24) is 0 Å². The van der Waals surface area contributed by atoms with E-state index in [2.05, 4.69) is 105 Å². The molecule has 0 aliphatic carbocycles. The van der Waals surface area contributed by atoms with Gasteiger partial charge in [0.2, 0.25) is 5.69 Å². The van der Waals surface area contributed by atoms with Gasteiger partial charge < -0.3 is 14.7 Å². The molecule has 2 aromatic carbocycles. The van der Waals surface area contributed by atoms with Gasteiger partial charge in [0.25, 0.3) is 0 Å². The molecular weight excluding hydrogens is 372 g/mol. The zero-order valence-corrected chi connectivity index (χ0v) is 18.5. The Morgan fingerprint density at radius 1 is 1.13 bits per heavy atom. The zero-order valence-electron chi connectivity index (χ0n) is 18.5. The van der Waals surface area contributed by atoms with Crippen LogP contribution in [0, 0.1) is 0 Å². The molecule has 0 bridgehead atoms. The highest BCUT2D eigenvalue weighted by Gasteiger charge is 2.42. The molecule has 30 heavy (non-hydrogen) atoms. The summed E-state index contributed by atoms with van der Waals surface area (Å²) in [5, 5.41) is 9.44. The highest BCUT2D eigenvalue weighted by atomic mass is 16.6. The first kappa shape index (κ1) is 22.0. The minimum absolute atomic E-state index is 0.0171. The number of ether oxygens (including phenoxy) is 1. The molecule has 0 saturated heterocycles. The van der Waals surface area contributed by atoms with Crippen molar-refractivity contribution in [1.29, 1.82) is 0 Å². The molecule has 4 heteroatoms. The maximum atomic E-state index is 9.44. The van der Waals surface area contributed by atoms with Crippen molar-refractivity contribution < 1.29 is 14.4 Å². The molecule has 158 valence electrons. The Morgan fingerprint density at radius 2 is 1.83 bits per heavy atom. The van der Waals surface area contributed by atoms with Crippen LogP contribution < -0.4 is 4.90 Å². The highest BCUT2D eigenvalue weighted by molar-refractivity contribution is 6.05. The Kier molecular flexibility index (Phi) is 6.91. The van der Waals surface area contributed by atoms with Crippen LogP contribution in [0.15, 0.2) is 67.3 Å². The second-order valence-electron chi connectivity index (χ2n) is 8.09. The number of anilines is 1. The van der Waals surface area contributed by atoms with Gasteiger partial charge >= 0.3 is 0 Å². The van der Waals surface area contributed by atoms with Gasteiger partial charge in [-0.2, -0.15) is 4.58 Å². The molecule has 3 rings (SSSR count). The molecular formula is C26H33N2O2+. The topological polar surface area (TPSA) is 35.7 Å². The number of hydrogen-bond donors (Lipinski definition) is 1. The van der Waals surface area contributed by atoms with Gasteiger partial charge in [0.15, 0.2) is 12.0 Å². The summed E-state index contributed by atoms with van der Waals surface area (Å²) in [5.41, 5.74) is 6.23. The van der Waals surface area contributed by atoms with E-state index in [-0.39, 0.29) is 5.41 Å². The van der Waals surface area contributed by atoms with E-state index in [9.17, 15) is 5.11 Å². The third kappa shape index (κ3) is 4.55. The fraction of sp³-hybridized carbons (Fsp3) is 0.346. The van der Waals surface area contributed by atoms with Gasteiger partial charge in [-0.25, -0.2) is 0 Å². The Labute approximate surface area is 180 Å². The van der Waals surface area contributed by atoms with E-state index in [1.54, 1.807) is 0 Å². The molecule has 0 spiro atoms. The summed E-state index contributed by atoms with van der Waals surface area (Å²) in [7, 11) is 2.14. The zero-order chi connectivity index (χ0) is 21.7. The molecule has 1 aliphatic heterocycles. The maximum absolute atomic E-state index is 9.44. The lowest BCUT2D eigenvalue weighted by molar-refractivity contribution is -0.401. The van der Waals surface area contributed by atoms with Gasteiger partial charge in [0.1, 0.15) is 7.05 Å². The van der Waals surface area contributed by atoms with E-state index in [1.165, 1.54) is 28.6 Å². The second-order valence-corrected chi connectivity index (χ2v) is 8.09. The van der Waals surface area contributed by atoms with Crippen LogP contribution in [-0.4, -0.2) is 48.4 Å². The van der Waals surface area contributed by atoms with E-state index in [0.29, 0.717) is 13.2 Å². The number of nitrogens with zero attached hydrogens (tertiary/aromatic N) is 2. The summed E-state index contributed by atoms with van der Waals surface area (Å²) < 4.78 is 7.59. The fourth-order valence-corrected chi connectivity index (χ4v) is 4.09. The quantitative estimate of drug-likeness (QED) is 0.371. The largest absolute Gasteiger partial charge is 0.369 e. The van der Waals surface area contributed by atoms with Crippen LogP contribution in [0.5, 0.6) is 0 Å². The third-order valence-corrected chi connectivity index (χ3v) is 5.87. The van der Waals surface area contributed by atoms with Crippen LogP contribution in [0.1, 0.15) is 31.9 Å². The summed E-state index contributed by atoms with van der Waals surface area (Å²) in [4.78, 5) is 2.22. The Morgan fingerprint density at radius 3 is 2.47 bits per heavy atom. The van der Waals surface area contributed by atoms with Crippen molar-refractivity contribution in [2.45, 2.75) is 32.5 Å². The average molecular weight is 406 g/mol. The number of rotatable bonds is 9. The van der Waals surface area contributed by atoms with Gasteiger partial charge in [0.05, 0.1) is 12.0 Å². The maximum Gasteiger partial charge on any atom is 0.209 e. The van der Waals surface area contributed by atoms with Gasteiger partial charge in [-0.15, -0.1) is 0 Å². The monoisotopic (exact) mass is 405 g/mol. The molecule has 4 nitrogen and oxygen atoms in total. The number of allylic oxidation sites excluding steroid dienone is 1. The molecule has 1 atom stereocenters. The lowest BCUT2D eigenvalue weighted by Gasteiger charge is -2.23. The number of aliphatic hydroxyl groups excluding tert-OH is 1. The van der Waals surface area contributed by atoms with Gasteiger partial charge in [-0.05, 0) is 50.6 Å². The van der Waals surface area contributed by atoms with Crippen molar-refractivity contribution in [2.75, 3.05) is 31.6 Å². The minimum atomic E-state index is -0.905. The molecule has 1 N–H and O–H groups in total. The first-order valence-corrected chi connectivity index (χ1v) is 10.5. The van der Waals surface area contributed by atoms with Gasteiger partial charge in [0, 0.05) is 36.5 Å². The van der Waals surface area contributed by atoms with Crippen LogP contribution in [-0.2, 0) is 10.2 Å². The normalized spacial score (nSPS) is 16.0. The fourth-order valence-electron chi connectivity index (χ4n) is 4.09. The van der Waals surface area contributed by atoms with E-state index >= 15 is 0 Å². The van der Waals surface area contributed by atoms with Crippen molar-refractivity contribution >= 4 is 23.2 Å². The predicted molar refractivity (Wildman–Crippen MR) is 126 cm³/mol. The number of fused-ring (bicyclic) bond motifs is 1. The highest BCUT2D eigenvalue weighted by Crippen LogP contribution is 2.39. The number of para-hydroxylation sites is 1. The Bertz CT molecular complexity index is 942. The molecule has 1 unspecified atom stereocenters. The van der Waals surface area contributed by atoms with Crippen molar-refractivity contribution in [2.24, 2.45) is 0 Å². The molecule has 0 aromatic heterocycles. The second kappa shape index (κ2) is 9.41. The molecule has 0 amide bonds. The minimum Gasteiger partial charge on any atom is -0.369 e. The molecule has 2 aromatic rings. The smallest absolute Gasteiger partial charge is 0.209 e. The summed E-state index contributed by atoms with van der Waals surface area (Å²) in [6, 6.07) is 17.2. The van der Waals surface area contributed by atoms with Crippen LogP contribution in [0.25, 0.3) is 6.08 Å². The summed E-state index contributed by atoms with van der Waals surface area (Å²) in [6.45, 7) is 12.2. The standard InChI is InChI=1S/C26H33N2O2/c1-6-25(29)30-19-18-28(7-2)21-15-12-20(13-16-21)14-17-24-26(3,4)22-10-8-9-11-23(22)27(24)5/h6,8-17,25,29H,1,7,18-19H2,2-5H3/q+1. The Balaban J connectivity index is 1.71. The molecule has 1 aliphatic rings. The number of aliphatic hydroxyl groups is 1. The van der Waals surface area contributed by atoms with E-state index < -0.39 is 6.29 Å². The lowest BCUT2D eigenvalue weighted by atomic mass is 9.81. The Hall–Kier alpha value is -2.69. The van der Waals surface area contributed by atoms with Crippen LogP contribution in [0.4, 0.5) is 11.4 Å². The van der Waals surface area contributed by atoms with E-state index in [4.69, 9.17) is 4.74 Å². The summed E-state index contributed by atoms with van der Waals surface area (Å²) in [5.74, 6) is 0. The van der Waals surface area contributed by atoms with Crippen molar-refractivity contribution in [3.8, 4) is 0 Å². The first-order valence-electron chi connectivity index (χ1n) is 10.5. The van der Waals surface area contributed by atoms with Gasteiger partial charge in [-0.3, -0.25) is 0 Å². The van der Waals surface area contributed by atoms with Gasteiger partial charge in [-0.1, -0.05) is 36.9 Å². The van der Waals surface area contributed by atoms with Crippen LogP contribution >= 0.6 is 0 Å². The summed E-state index contributed by atoms with van der Waals surface area (Å²) >= 11 is 0. The lowest BCUT2D eigenvalue weighted by Crippen LogP contribution is -2.28. The number of hydrogen-bond acceptors (Lipinski definition) is 3. The van der Waals surface area contributed by atoms with Crippen molar-refractivity contribution in [3.05, 3.63) is 78.4 Å². The van der Waals surface area contributed by atoms with Crippen LogP contribution in [0.2, 0.25) is 0 Å². The summed E-state index contributed by atoms with van der Waals surface area (Å²) in [6.07, 6.45) is 4.90. The molecule has 0 saturated carbocycles. The predicted octanol–water partition coefficient (Wildman–Crippen LogP) is 4.75. The third-order valence-electron chi connectivity index (χ3n) is 5.87. The van der Waals surface area contributed by atoms with Crippen molar-refractivity contribution in [3.63, 3.8) is 0 Å².